The molecule has 0 saturated heterocycles. The average molecular weight is 231 g/mol. The Bertz CT molecular complexity index is 284. The SMILES string of the molecule is Cl.NC1N=C(C2=CCCC=C2)CCS1. The van der Waals surface area contributed by atoms with Gasteiger partial charge in [-0.25, -0.2) is 0 Å². The average Bonchev–Trinajstić information content (AvgIpc) is 2.19. The van der Waals surface area contributed by atoms with Gasteiger partial charge in [-0.05, 0) is 24.8 Å². The van der Waals surface area contributed by atoms with Crippen molar-refractivity contribution in [3.8, 4) is 0 Å². The van der Waals surface area contributed by atoms with Gasteiger partial charge in [0, 0.05) is 11.5 Å². The van der Waals surface area contributed by atoms with Gasteiger partial charge in [0.2, 0.25) is 0 Å². The predicted molar refractivity (Wildman–Crippen MR) is 66.2 cm³/mol. The normalized spacial score (nSPS) is 26.2. The van der Waals surface area contributed by atoms with Crippen LogP contribution in [0.4, 0.5) is 0 Å². The van der Waals surface area contributed by atoms with Crippen molar-refractivity contribution in [2.75, 3.05) is 5.75 Å². The summed E-state index contributed by atoms with van der Waals surface area (Å²) in [7, 11) is 0. The van der Waals surface area contributed by atoms with E-state index in [0.29, 0.717) is 0 Å². The van der Waals surface area contributed by atoms with Gasteiger partial charge in [0.05, 0.1) is 0 Å². The minimum Gasteiger partial charge on any atom is -0.301 e. The molecule has 0 bridgehead atoms. The van der Waals surface area contributed by atoms with Crippen LogP contribution >= 0.6 is 24.2 Å². The Hall–Kier alpha value is -0.250. The number of allylic oxidation sites excluding steroid dienone is 4. The summed E-state index contributed by atoms with van der Waals surface area (Å²) in [5, 5.41) is 0. The van der Waals surface area contributed by atoms with Crippen LogP contribution in [-0.2, 0) is 0 Å². The Labute approximate surface area is 95.1 Å². The van der Waals surface area contributed by atoms with Crippen LogP contribution < -0.4 is 5.73 Å². The number of nitrogens with two attached hydrogens (primary N) is 1. The Balaban J connectivity index is 0.000000980. The maximum absolute atomic E-state index is 5.76. The second-order valence-electron chi connectivity index (χ2n) is 3.23. The number of halogens is 1. The van der Waals surface area contributed by atoms with Gasteiger partial charge in [0.15, 0.2) is 0 Å². The van der Waals surface area contributed by atoms with Gasteiger partial charge in [-0.2, -0.15) is 0 Å². The van der Waals surface area contributed by atoms with Gasteiger partial charge in [-0.3, -0.25) is 4.99 Å². The summed E-state index contributed by atoms with van der Waals surface area (Å²) in [5.74, 6) is 1.10. The smallest absolute Gasteiger partial charge is 0.144 e. The minimum absolute atomic E-state index is 0. The van der Waals surface area contributed by atoms with Gasteiger partial charge >= 0.3 is 0 Å². The van der Waals surface area contributed by atoms with Crippen LogP contribution in [0.5, 0.6) is 0 Å². The second-order valence-corrected chi connectivity index (χ2v) is 4.45. The lowest BCUT2D eigenvalue weighted by Gasteiger charge is -2.18. The first kappa shape index (κ1) is 11.8. The Morgan fingerprint density at radius 2 is 2.29 bits per heavy atom. The van der Waals surface area contributed by atoms with E-state index >= 15 is 0 Å². The summed E-state index contributed by atoms with van der Waals surface area (Å²) in [4.78, 5) is 4.44. The van der Waals surface area contributed by atoms with Crippen molar-refractivity contribution in [2.45, 2.75) is 24.8 Å². The van der Waals surface area contributed by atoms with E-state index in [4.69, 9.17) is 5.73 Å². The molecule has 1 aliphatic carbocycles. The Kier molecular flexibility index (Phi) is 4.72. The van der Waals surface area contributed by atoms with Gasteiger partial charge in [0.25, 0.3) is 0 Å². The standard InChI is InChI=1S/C10H14N2S.ClH/c11-10-12-9(6-7-13-10)8-4-2-1-3-5-8;/h2,4-5,10H,1,3,6-7,11H2;1H. The van der Waals surface area contributed by atoms with E-state index in [1.165, 1.54) is 11.3 Å². The van der Waals surface area contributed by atoms with Crippen molar-refractivity contribution in [1.29, 1.82) is 0 Å². The van der Waals surface area contributed by atoms with E-state index < -0.39 is 0 Å². The van der Waals surface area contributed by atoms with Crippen molar-refractivity contribution in [3.05, 3.63) is 23.8 Å². The summed E-state index contributed by atoms with van der Waals surface area (Å²) < 4.78 is 0. The summed E-state index contributed by atoms with van der Waals surface area (Å²) in [5.41, 5.74) is 8.20. The molecule has 1 unspecified atom stereocenters. The molecule has 0 aromatic rings. The molecule has 78 valence electrons. The fourth-order valence-corrected chi connectivity index (χ4v) is 2.33. The molecule has 0 spiro atoms. The zero-order chi connectivity index (χ0) is 9.10. The maximum atomic E-state index is 5.76. The maximum Gasteiger partial charge on any atom is 0.144 e. The van der Waals surface area contributed by atoms with Crippen LogP contribution in [0.2, 0.25) is 0 Å². The first-order valence-corrected chi connectivity index (χ1v) is 5.72. The summed E-state index contributed by atoms with van der Waals surface area (Å²) in [6.45, 7) is 0. The quantitative estimate of drug-likeness (QED) is 0.752. The molecule has 14 heavy (non-hydrogen) atoms. The van der Waals surface area contributed by atoms with Crippen LogP contribution in [0.3, 0.4) is 0 Å². The van der Waals surface area contributed by atoms with Crippen LogP contribution in [0, 0.1) is 0 Å². The first-order valence-electron chi connectivity index (χ1n) is 4.67. The lowest BCUT2D eigenvalue weighted by Crippen LogP contribution is -2.22. The Morgan fingerprint density at radius 1 is 1.43 bits per heavy atom. The van der Waals surface area contributed by atoms with Crippen molar-refractivity contribution in [3.63, 3.8) is 0 Å². The summed E-state index contributed by atoms with van der Waals surface area (Å²) in [6.07, 6.45) is 10.0. The van der Waals surface area contributed by atoms with Crippen LogP contribution in [0.25, 0.3) is 0 Å². The topological polar surface area (TPSA) is 38.4 Å². The number of aliphatic imine (C=N–C) groups is 1. The number of rotatable bonds is 1. The fourth-order valence-electron chi connectivity index (χ4n) is 1.58. The van der Waals surface area contributed by atoms with Crippen LogP contribution in [0.1, 0.15) is 19.3 Å². The van der Waals surface area contributed by atoms with Gasteiger partial charge in [0.1, 0.15) is 5.50 Å². The third kappa shape index (κ3) is 2.87. The number of hydrogen-bond acceptors (Lipinski definition) is 3. The lowest BCUT2D eigenvalue weighted by molar-refractivity contribution is 0.951. The highest BCUT2D eigenvalue weighted by molar-refractivity contribution is 7.99. The molecule has 1 aliphatic heterocycles. The highest BCUT2D eigenvalue weighted by atomic mass is 35.5. The molecule has 0 saturated carbocycles. The van der Waals surface area contributed by atoms with Crippen LogP contribution in [0.15, 0.2) is 28.8 Å². The van der Waals surface area contributed by atoms with E-state index in [1.54, 1.807) is 11.8 Å². The van der Waals surface area contributed by atoms with E-state index in [1.807, 2.05) is 0 Å². The highest BCUT2D eigenvalue weighted by Crippen LogP contribution is 2.21. The van der Waals surface area contributed by atoms with Gasteiger partial charge < -0.3 is 5.73 Å². The van der Waals surface area contributed by atoms with Gasteiger partial charge in [-0.1, -0.05) is 18.2 Å². The van der Waals surface area contributed by atoms with E-state index in [-0.39, 0.29) is 17.9 Å². The molecule has 1 heterocycles. The molecule has 4 heteroatoms. The Morgan fingerprint density at radius 3 is 2.93 bits per heavy atom. The number of nitrogens with zero attached hydrogens (tertiary/aromatic N) is 1. The molecule has 0 aromatic heterocycles. The van der Waals surface area contributed by atoms with E-state index in [0.717, 1.165) is 25.0 Å². The van der Waals surface area contributed by atoms with Crippen molar-refractivity contribution in [1.82, 2.24) is 0 Å². The molecule has 0 amide bonds. The molecule has 0 fully saturated rings. The second kappa shape index (κ2) is 5.59. The molecule has 2 aliphatic rings. The fraction of sp³-hybridized carbons (Fsp3) is 0.500. The van der Waals surface area contributed by atoms with E-state index in [9.17, 15) is 0 Å². The highest BCUT2D eigenvalue weighted by Gasteiger charge is 2.14. The molecule has 0 aromatic carbocycles. The van der Waals surface area contributed by atoms with Crippen molar-refractivity contribution in [2.24, 2.45) is 10.7 Å². The van der Waals surface area contributed by atoms with Gasteiger partial charge in [-0.15, -0.1) is 24.2 Å². The third-order valence-electron chi connectivity index (χ3n) is 2.24. The number of thioether (sulfide) groups is 1. The first-order chi connectivity index (χ1) is 6.36. The summed E-state index contributed by atoms with van der Waals surface area (Å²) in [6, 6.07) is 0. The largest absolute Gasteiger partial charge is 0.301 e. The molecule has 2 rings (SSSR count). The zero-order valence-electron chi connectivity index (χ0n) is 7.98. The van der Waals surface area contributed by atoms with Crippen molar-refractivity contribution < 1.29 is 0 Å². The predicted octanol–water partition coefficient (Wildman–Crippen LogP) is 2.50. The molecular weight excluding hydrogens is 216 g/mol. The van der Waals surface area contributed by atoms with Crippen molar-refractivity contribution >= 4 is 29.9 Å². The summed E-state index contributed by atoms with van der Waals surface area (Å²) >= 11 is 1.72. The third-order valence-corrected chi connectivity index (χ3v) is 3.13. The van der Waals surface area contributed by atoms with E-state index in [2.05, 4.69) is 23.2 Å². The molecule has 0 radical (unpaired) electrons. The molecule has 2 nitrogen and oxygen atoms in total. The molecule has 1 atom stereocenters. The van der Waals surface area contributed by atoms with Crippen LogP contribution in [-0.4, -0.2) is 17.0 Å². The molecular formula is C10H15ClN2S. The molecule has 2 N–H and O–H groups in total. The zero-order valence-corrected chi connectivity index (χ0v) is 9.61. The lowest BCUT2D eigenvalue weighted by atomic mass is 10.0. The number of hydrogen-bond donors (Lipinski definition) is 1. The minimum atomic E-state index is -0.0417. The monoisotopic (exact) mass is 230 g/mol.